The van der Waals surface area contributed by atoms with E-state index in [0.717, 1.165) is 10.7 Å². The Morgan fingerprint density at radius 1 is 1.13 bits per heavy atom. The van der Waals surface area contributed by atoms with Crippen LogP contribution in [0.25, 0.3) is 5.65 Å². The van der Waals surface area contributed by atoms with E-state index in [4.69, 9.17) is 0 Å². The summed E-state index contributed by atoms with van der Waals surface area (Å²) >= 11 is 0. The van der Waals surface area contributed by atoms with Gasteiger partial charge in [0, 0.05) is 32.2 Å². The number of halogens is 2. The molecule has 0 atom stereocenters. The molecule has 1 saturated heterocycles. The van der Waals surface area contributed by atoms with E-state index in [0.29, 0.717) is 37.6 Å². The number of rotatable bonds is 5. The SMILES string of the molecule is O=C(c1ccccc1OC(F)F)N1CCN(c2ccc3ncc([N+](=O)[O-])n3n2)CC1. The van der Waals surface area contributed by atoms with Crippen LogP contribution >= 0.6 is 0 Å². The molecule has 1 amide bonds. The minimum absolute atomic E-state index is 0.0693. The lowest BCUT2D eigenvalue weighted by Crippen LogP contribution is -2.49. The summed E-state index contributed by atoms with van der Waals surface area (Å²) in [6.07, 6.45) is 1.14. The Morgan fingerprint density at radius 3 is 2.57 bits per heavy atom. The van der Waals surface area contributed by atoms with E-state index >= 15 is 0 Å². The number of ether oxygens (including phenoxy) is 1. The normalized spacial score (nSPS) is 14.4. The van der Waals surface area contributed by atoms with Crippen LogP contribution in [-0.4, -0.2) is 63.1 Å². The van der Waals surface area contributed by atoms with Crippen molar-refractivity contribution in [2.45, 2.75) is 6.61 Å². The average molecular weight is 418 g/mol. The zero-order chi connectivity index (χ0) is 21.3. The fourth-order valence-corrected chi connectivity index (χ4v) is 3.30. The molecule has 0 radical (unpaired) electrons. The van der Waals surface area contributed by atoms with Gasteiger partial charge in [0.2, 0.25) is 5.65 Å². The highest BCUT2D eigenvalue weighted by Gasteiger charge is 2.26. The maximum absolute atomic E-state index is 12.8. The Bertz CT molecular complexity index is 1100. The van der Waals surface area contributed by atoms with Gasteiger partial charge in [0.1, 0.15) is 11.9 Å². The van der Waals surface area contributed by atoms with Crippen LogP contribution in [0.15, 0.2) is 42.6 Å². The molecule has 0 saturated carbocycles. The van der Waals surface area contributed by atoms with Crippen molar-refractivity contribution in [3.8, 4) is 5.75 Å². The first-order valence-corrected chi connectivity index (χ1v) is 9.01. The molecule has 10 nitrogen and oxygen atoms in total. The van der Waals surface area contributed by atoms with Crippen molar-refractivity contribution in [1.29, 1.82) is 0 Å². The molecular formula is C18H16F2N6O4. The largest absolute Gasteiger partial charge is 0.434 e. The number of carbonyl (C=O) groups excluding carboxylic acids is 1. The maximum Gasteiger partial charge on any atom is 0.387 e. The summed E-state index contributed by atoms with van der Waals surface area (Å²) in [5.74, 6) is -0.299. The number of fused-ring (bicyclic) bond motifs is 1. The van der Waals surface area contributed by atoms with Crippen LogP contribution in [0, 0.1) is 10.1 Å². The molecule has 1 fully saturated rings. The summed E-state index contributed by atoms with van der Waals surface area (Å²) in [5, 5.41) is 15.4. The standard InChI is InChI=1S/C18H16F2N6O4/c19-18(20)30-13-4-2-1-3-12(13)17(27)24-9-7-23(8-10-24)15-6-5-14-21-11-16(26(28)29)25(14)22-15/h1-6,11,18H,7-10H2. The second kappa shape index (κ2) is 7.89. The minimum Gasteiger partial charge on any atom is -0.434 e. The van der Waals surface area contributed by atoms with Crippen LogP contribution in [0.4, 0.5) is 20.4 Å². The van der Waals surface area contributed by atoms with Gasteiger partial charge < -0.3 is 24.7 Å². The topological polar surface area (TPSA) is 106 Å². The number of benzene rings is 1. The molecule has 1 aliphatic heterocycles. The molecule has 1 aromatic carbocycles. The quantitative estimate of drug-likeness (QED) is 0.462. The molecule has 30 heavy (non-hydrogen) atoms. The zero-order valence-electron chi connectivity index (χ0n) is 15.5. The fraction of sp³-hybridized carbons (Fsp3) is 0.278. The Kier molecular flexibility index (Phi) is 5.12. The number of aromatic nitrogens is 3. The summed E-state index contributed by atoms with van der Waals surface area (Å²) in [6, 6.07) is 9.20. The van der Waals surface area contributed by atoms with E-state index in [-0.39, 0.29) is 17.1 Å². The molecule has 0 bridgehead atoms. The summed E-state index contributed by atoms with van der Waals surface area (Å²) in [7, 11) is 0. The van der Waals surface area contributed by atoms with E-state index in [1.807, 2.05) is 4.90 Å². The first-order valence-electron chi connectivity index (χ1n) is 9.01. The number of piperazine rings is 1. The highest BCUT2D eigenvalue weighted by atomic mass is 19.3. The molecule has 1 aliphatic rings. The van der Waals surface area contributed by atoms with Crippen LogP contribution in [0.1, 0.15) is 10.4 Å². The summed E-state index contributed by atoms with van der Waals surface area (Å²) in [5.41, 5.74) is 0.426. The van der Waals surface area contributed by atoms with Crippen LogP contribution in [-0.2, 0) is 0 Å². The highest BCUT2D eigenvalue weighted by Crippen LogP contribution is 2.24. The molecule has 0 aliphatic carbocycles. The van der Waals surface area contributed by atoms with Gasteiger partial charge in [0.05, 0.1) is 5.56 Å². The van der Waals surface area contributed by atoms with Gasteiger partial charge in [-0.2, -0.15) is 8.78 Å². The van der Waals surface area contributed by atoms with Crippen molar-refractivity contribution in [3.63, 3.8) is 0 Å². The molecule has 3 heterocycles. The third kappa shape index (κ3) is 3.71. The molecule has 2 aromatic heterocycles. The molecule has 0 N–H and O–H groups in total. The number of anilines is 1. The Balaban J connectivity index is 1.48. The Labute approximate surface area is 168 Å². The number of nitrogens with zero attached hydrogens (tertiary/aromatic N) is 6. The monoisotopic (exact) mass is 418 g/mol. The average Bonchev–Trinajstić information content (AvgIpc) is 3.17. The number of imidazole rings is 1. The number of hydrogen-bond donors (Lipinski definition) is 0. The number of nitro groups is 1. The van der Waals surface area contributed by atoms with Crippen LogP contribution in [0.5, 0.6) is 5.75 Å². The van der Waals surface area contributed by atoms with Gasteiger partial charge in [-0.05, 0) is 23.1 Å². The molecule has 156 valence electrons. The van der Waals surface area contributed by atoms with Crippen molar-refractivity contribution in [1.82, 2.24) is 19.5 Å². The van der Waals surface area contributed by atoms with Gasteiger partial charge in [-0.25, -0.2) is 4.98 Å². The van der Waals surface area contributed by atoms with Crippen molar-refractivity contribution >= 4 is 23.2 Å². The molecule has 12 heteroatoms. The number of carbonyl (C=O) groups is 1. The van der Waals surface area contributed by atoms with Gasteiger partial charge in [0.25, 0.3) is 5.91 Å². The summed E-state index contributed by atoms with van der Waals surface area (Å²) < 4.78 is 30.8. The molecule has 3 aromatic rings. The smallest absolute Gasteiger partial charge is 0.387 e. The van der Waals surface area contributed by atoms with Gasteiger partial charge >= 0.3 is 12.4 Å². The van der Waals surface area contributed by atoms with Crippen LogP contribution in [0.2, 0.25) is 0 Å². The van der Waals surface area contributed by atoms with Crippen molar-refractivity contribution < 1.29 is 23.2 Å². The number of hydrogen-bond acceptors (Lipinski definition) is 7. The van der Waals surface area contributed by atoms with Gasteiger partial charge in [-0.1, -0.05) is 21.7 Å². The van der Waals surface area contributed by atoms with Crippen molar-refractivity contribution in [2.75, 3.05) is 31.1 Å². The Morgan fingerprint density at radius 2 is 1.87 bits per heavy atom. The first-order chi connectivity index (χ1) is 14.4. The highest BCUT2D eigenvalue weighted by molar-refractivity contribution is 5.97. The van der Waals surface area contributed by atoms with Crippen LogP contribution < -0.4 is 9.64 Å². The second-order valence-electron chi connectivity index (χ2n) is 6.49. The lowest BCUT2D eigenvalue weighted by molar-refractivity contribution is -0.391. The fourth-order valence-electron chi connectivity index (χ4n) is 3.30. The van der Waals surface area contributed by atoms with Crippen LogP contribution in [0.3, 0.4) is 0 Å². The molecule has 0 unspecified atom stereocenters. The summed E-state index contributed by atoms with van der Waals surface area (Å²) in [6.45, 7) is -1.53. The number of amides is 1. The molecule has 4 rings (SSSR count). The predicted octanol–water partition coefficient (Wildman–Crippen LogP) is 2.20. The van der Waals surface area contributed by atoms with Gasteiger partial charge in [-0.3, -0.25) is 4.79 Å². The van der Waals surface area contributed by atoms with E-state index in [2.05, 4.69) is 14.8 Å². The first kappa shape index (κ1) is 19.5. The third-order valence-corrected chi connectivity index (χ3v) is 4.74. The molecular weight excluding hydrogens is 402 g/mol. The van der Waals surface area contributed by atoms with Gasteiger partial charge in [0.15, 0.2) is 5.82 Å². The third-order valence-electron chi connectivity index (χ3n) is 4.74. The van der Waals surface area contributed by atoms with E-state index < -0.39 is 17.4 Å². The van der Waals surface area contributed by atoms with E-state index in [1.165, 1.54) is 18.2 Å². The number of alkyl halides is 2. The lowest BCUT2D eigenvalue weighted by Gasteiger charge is -2.35. The van der Waals surface area contributed by atoms with E-state index in [1.54, 1.807) is 23.1 Å². The minimum atomic E-state index is -3.02. The molecule has 0 spiro atoms. The van der Waals surface area contributed by atoms with Crippen molar-refractivity contribution in [2.24, 2.45) is 0 Å². The maximum atomic E-state index is 12.8. The number of para-hydroxylation sites is 1. The predicted molar refractivity (Wildman–Crippen MR) is 101 cm³/mol. The van der Waals surface area contributed by atoms with E-state index in [9.17, 15) is 23.7 Å². The second-order valence-corrected chi connectivity index (χ2v) is 6.49. The lowest BCUT2D eigenvalue weighted by atomic mass is 10.1. The van der Waals surface area contributed by atoms with Crippen molar-refractivity contribution in [3.05, 3.63) is 58.3 Å². The zero-order valence-corrected chi connectivity index (χ0v) is 15.5. The Hall–Kier alpha value is -3.83. The van der Waals surface area contributed by atoms with Gasteiger partial charge in [-0.15, -0.1) is 0 Å². The summed E-state index contributed by atoms with van der Waals surface area (Å²) in [4.78, 5) is 30.7.